The molecule has 1 saturated carbocycles. The topological polar surface area (TPSA) is 129 Å². The van der Waals surface area contributed by atoms with E-state index < -0.39 is 12.1 Å². The molecule has 3 aromatic rings. The van der Waals surface area contributed by atoms with Gasteiger partial charge in [0, 0.05) is 64.0 Å². The predicted octanol–water partition coefficient (Wildman–Crippen LogP) is 4.39. The number of rotatable bonds is 13. The number of hydrogen-bond acceptors (Lipinski definition) is 6. The van der Waals surface area contributed by atoms with Gasteiger partial charge in [-0.1, -0.05) is 75.1 Å². The van der Waals surface area contributed by atoms with Crippen LogP contribution < -0.4 is 16.0 Å². The summed E-state index contributed by atoms with van der Waals surface area (Å²) in [6.45, 7) is 7.86. The van der Waals surface area contributed by atoms with E-state index in [-0.39, 0.29) is 29.5 Å². The molecule has 4 amide bonds. The Balaban J connectivity index is 1.21. The van der Waals surface area contributed by atoms with Gasteiger partial charge in [-0.05, 0) is 55.0 Å². The molecule has 0 bridgehead atoms. The van der Waals surface area contributed by atoms with Crippen molar-refractivity contribution in [2.75, 3.05) is 31.5 Å². The average Bonchev–Trinajstić information content (AvgIpc) is 3.46. The van der Waals surface area contributed by atoms with Crippen molar-refractivity contribution in [3.05, 3.63) is 83.7 Å². The summed E-state index contributed by atoms with van der Waals surface area (Å²) in [5, 5.41) is 13.2. The normalized spacial score (nSPS) is 17.1. The van der Waals surface area contributed by atoms with Crippen molar-refractivity contribution in [1.29, 1.82) is 0 Å². The van der Waals surface area contributed by atoms with Gasteiger partial charge in [0.05, 0.1) is 0 Å². The Morgan fingerprint density at radius 2 is 1.51 bits per heavy atom. The summed E-state index contributed by atoms with van der Waals surface area (Å²) >= 11 is 0. The number of aryl methyl sites for hydroxylation is 1. The third-order valence-corrected chi connectivity index (χ3v) is 9.74. The van der Waals surface area contributed by atoms with E-state index in [1.807, 2.05) is 54.3 Å². The van der Waals surface area contributed by atoms with E-state index in [2.05, 4.69) is 38.1 Å². The number of piperazine rings is 1. The first-order valence-corrected chi connectivity index (χ1v) is 17.9. The number of anilines is 1. The van der Waals surface area contributed by atoms with Crippen LogP contribution in [0.2, 0.25) is 0 Å². The molecular formula is C38H51N7O4. The smallest absolute Gasteiger partial charge is 0.270 e. The molecule has 1 unspecified atom stereocenters. The van der Waals surface area contributed by atoms with Gasteiger partial charge in [-0.2, -0.15) is 5.10 Å². The number of nitrogens with zero attached hydrogens (tertiary/aromatic N) is 4. The molecule has 49 heavy (non-hydrogen) atoms. The minimum atomic E-state index is -0.681. The third-order valence-electron chi connectivity index (χ3n) is 9.74. The minimum Gasteiger partial charge on any atom is -0.344 e. The zero-order valence-corrected chi connectivity index (χ0v) is 28.9. The van der Waals surface area contributed by atoms with Crippen molar-refractivity contribution >= 4 is 29.3 Å². The first-order valence-electron chi connectivity index (χ1n) is 17.9. The first-order chi connectivity index (χ1) is 23.8. The van der Waals surface area contributed by atoms with Crippen LogP contribution in [0, 0.1) is 5.92 Å². The van der Waals surface area contributed by atoms with Crippen molar-refractivity contribution in [3.8, 4) is 0 Å². The fourth-order valence-corrected chi connectivity index (χ4v) is 6.90. The van der Waals surface area contributed by atoms with Crippen LogP contribution in [0.4, 0.5) is 5.69 Å². The quantitative estimate of drug-likeness (QED) is 0.232. The number of hydrogen-bond donors (Lipinski definition) is 3. The second kappa shape index (κ2) is 17.8. The summed E-state index contributed by atoms with van der Waals surface area (Å²) in [4.78, 5) is 57.4. The van der Waals surface area contributed by atoms with Crippen LogP contribution in [0.5, 0.6) is 0 Å². The van der Waals surface area contributed by atoms with E-state index in [1.54, 1.807) is 23.9 Å². The summed E-state index contributed by atoms with van der Waals surface area (Å²) in [7, 11) is 0. The number of nitrogens with one attached hydrogen (secondary N) is 3. The lowest BCUT2D eigenvalue weighted by atomic mass is 9.91. The molecule has 3 N–H and O–H groups in total. The molecule has 2 aromatic carbocycles. The van der Waals surface area contributed by atoms with Crippen LogP contribution in [0.3, 0.4) is 0 Å². The molecule has 11 heteroatoms. The number of carbonyl (C=O) groups is 4. The first kappa shape index (κ1) is 35.8. The number of benzene rings is 2. The molecule has 1 aliphatic heterocycles. The molecular weight excluding hydrogens is 618 g/mol. The Morgan fingerprint density at radius 3 is 2.16 bits per heavy atom. The maximum Gasteiger partial charge on any atom is 0.270 e. The standard InChI is InChI=1S/C38H51N7O4/c1-3-34(46)41-32(38(49)44-24-22-43(23-25-44)27-29-12-8-7-9-13-29)26-28-16-18-31(19-17-28)40-37(48)35(30-14-10-5-6-11-15-30)42-36(47)33-20-21-39-45(33)4-2/h7-9,12-13,16-21,30,32,35H,3-6,10-11,14-15,22-27H2,1-2H3,(H,40,48)(H,41,46)(H,42,47)/t32?,35-/m0/s1. The number of carbonyl (C=O) groups excluding carboxylic acids is 4. The molecule has 0 radical (unpaired) electrons. The molecule has 11 nitrogen and oxygen atoms in total. The van der Waals surface area contributed by atoms with E-state index in [0.717, 1.165) is 63.7 Å². The highest BCUT2D eigenvalue weighted by Crippen LogP contribution is 2.27. The summed E-state index contributed by atoms with van der Waals surface area (Å²) in [5.74, 6) is -0.756. The van der Waals surface area contributed by atoms with E-state index in [1.165, 1.54) is 5.56 Å². The van der Waals surface area contributed by atoms with Crippen molar-refractivity contribution in [2.45, 2.75) is 90.4 Å². The molecule has 262 valence electrons. The second-order valence-corrected chi connectivity index (χ2v) is 13.2. The second-order valence-electron chi connectivity index (χ2n) is 13.2. The zero-order chi connectivity index (χ0) is 34.6. The van der Waals surface area contributed by atoms with Crippen molar-refractivity contribution in [3.63, 3.8) is 0 Å². The number of amides is 4. The van der Waals surface area contributed by atoms with Crippen LogP contribution in [-0.4, -0.2) is 81.5 Å². The van der Waals surface area contributed by atoms with Gasteiger partial charge in [0.2, 0.25) is 17.7 Å². The molecule has 0 spiro atoms. The number of aromatic nitrogens is 2. The lowest BCUT2D eigenvalue weighted by Gasteiger charge is -2.36. The van der Waals surface area contributed by atoms with Crippen LogP contribution in [0.25, 0.3) is 0 Å². The van der Waals surface area contributed by atoms with Crippen molar-refractivity contribution in [1.82, 2.24) is 30.2 Å². The predicted molar refractivity (Wildman–Crippen MR) is 190 cm³/mol. The fraction of sp³-hybridized carbons (Fsp3) is 0.500. The Morgan fingerprint density at radius 1 is 0.816 bits per heavy atom. The van der Waals surface area contributed by atoms with Gasteiger partial charge in [-0.25, -0.2) is 0 Å². The Hall–Kier alpha value is -4.51. The maximum absolute atomic E-state index is 13.7. The van der Waals surface area contributed by atoms with Gasteiger partial charge in [0.25, 0.3) is 5.91 Å². The van der Waals surface area contributed by atoms with Crippen LogP contribution in [0.15, 0.2) is 66.9 Å². The molecule has 2 heterocycles. The molecule has 2 aliphatic rings. The largest absolute Gasteiger partial charge is 0.344 e. The monoisotopic (exact) mass is 669 g/mol. The average molecular weight is 670 g/mol. The highest BCUT2D eigenvalue weighted by atomic mass is 16.2. The van der Waals surface area contributed by atoms with E-state index in [9.17, 15) is 19.2 Å². The molecule has 1 saturated heterocycles. The highest BCUT2D eigenvalue weighted by Gasteiger charge is 2.32. The molecule has 5 rings (SSSR count). The summed E-state index contributed by atoms with van der Waals surface area (Å²) in [5.41, 5.74) is 3.17. The van der Waals surface area contributed by atoms with Gasteiger partial charge in [0.1, 0.15) is 17.8 Å². The lowest BCUT2D eigenvalue weighted by molar-refractivity contribution is -0.138. The Bertz CT molecular complexity index is 1520. The van der Waals surface area contributed by atoms with Gasteiger partial charge in [0.15, 0.2) is 0 Å². The molecule has 1 aliphatic carbocycles. The SMILES string of the molecule is CCC(=O)NC(Cc1ccc(NC(=O)[C@@H](NC(=O)c2ccnn2CC)C2CCCCCC2)cc1)C(=O)N1CCN(Cc2ccccc2)CC1. The van der Waals surface area contributed by atoms with Crippen LogP contribution in [0.1, 0.15) is 80.4 Å². The third kappa shape index (κ3) is 10.0. The molecule has 2 fully saturated rings. The van der Waals surface area contributed by atoms with Crippen LogP contribution in [-0.2, 0) is 33.9 Å². The molecule has 1 aromatic heterocycles. The minimum absolute atomic E-state index is 0.0397. The van der Waals surface area contributed by atoms with Gasteiger partial charge in [-0.15, -0.1) is 0 Å². The summed E-state index contributed by atoms with van der Waals surface area (Å²) in [6, 6.07) is 18.0. The Kier molecular flexibility index (Phi) is 13.0. The van der Waals surface area contributed by atoms with E-state index >= 15 is 0 Å². The highest BCUT2D eigenvalue weighted by molar-refractivity contribution is 6.00. The lowest BCUT2D eigenvalue weighted by Crippen LogP contribution is -2.55. The van der Waals surface area contributed by atoms with Crippen molar-refractivity contribution in [2.24, 2.45) is 5.92 Å². The van der Waals surface area contributed by atoms with E-state index in [4.69, 9.17) is 0 Å². The van der Waals surface area contributed by atoms with Gasteiger partial charge < -0.3 is 20.9 Å². The van der Waals surface area contributed by atoms with Crippen LogP contribution >= 0.6 is 0 Å². The van der Waals surface area contributed by atoms with Gasteiger partial charge >= 0.3 is 0 Å². The summed E-state index contributed by atoms with van der Waals surface area (Å²) < 4.78 is 1.63. The van der Waals surface area contributed by atoms with E-state index in [0.29, 0.717) is 43.9 Å². The zero-order valence-electron chi connectivity index (χ0n) is 28.9. The Labute approximate surface area is 289 Å². The fourth-order valence-electron chi connectivity index (χ4n) is 6.90. The molecule has 2 atom stereocenters. The maximum atomic E-state index is 13.7. The summed E-state index contributed by atoms with van der Waals surface area (Å²) in [6.07, 6.45) is 8.32. The van der Waals surface area contributed by atoms with Crippen molar-refractivity contribution < 1.29 is 19.2 Å². The van der Waals surface area contributed by atoms with Gasteiger partial charge in [-0.3, -0.25) is 28.8 Å².